The molecule has 5 aromatic carbocycles. The van der Waals surface area contributed by atoms with Crippen molar-refractivity contribution in [3.05, 3.63) is 145 Å². The molecule has 3 amide bonds. The largest absolute Gasteiger partial charge is 0.493 e. The molecule has 2 aromatic heterocycles. The van der Waals surface area contributed by atoms with Crippen molar-refractivity contribution in [3.63, 3.8) is 0 Å². The summed E-state index contributed by atoms with van der Waals surface area (Å²) in [6, 6.07) is 33.4. The first-order chi connectivity index (χ1) is 38.4. The number of benzene rings is 5. The maximum absolute atomic E-state index is 13.1. The van der Waals surface area contributed by atoms with E-state index in [0.29, 0.717) is 97.6 Å². The number of piperazine rings is 1. The van der Waals surface area contributed by atoms with E-state index in [0.717, 1.165) is 48.4 Å². The summed E-state index contributed by atoms with van der Waals surface area (Å²) in [6.45, 7) is 10.7. The number of nitriles is 1. The highest BCUT2D eigenvalue weighted by molar-refractivity contribution is 6.17. The predicted octanol–water partition coefficient (Wildman–Crippen LogP) is 9.63. The van der Waals surface area contributed by atoms with Crippen molar-refractivity contribution in [1.82, 2.24) is 24.8 Å². The van der Waals surface area contributed by atoms with E-state index < -0.39 is 17.1 Å². The molecule has 0 radical (unpaired) electrons. The number of aryl methyl sites for hydroxylation is 1. The molecule has 17 nitrogen and oxygen atoms in total. The topological polar surface area (TPSA) is 188 Å². The normalized spacial score (nSPS) is 17.4. The van der Waals surface area contributed by atoms with E-state index in [1.807, 2.05) is 0 Å². The molecule has 3 aliphatic heterocycles. The third-order valence-corrected chi connectivity index (χ3v) is 15.4. The number of fused-ring (bicyclic) bond motifs is 3. The number of likely N-dealkylation sites (tertiary alicyclic amines) is 1. The van der Waals surface area contributed by atoms with Gasteiger partial charge in [-0.2, -0.15) is 15.2 Å². The van der Waals surface area contributed by atoms with E-state index in [9.17, 15) is 24.0 Å². The van der Waals surface area contributed by atoms with Crippen LogP contribution in [0.15, 0.2) is 122 Å². The second kappa shape index (κ2) is 23.4. The minimum absolute atomic E-state index is 0.134. The van der Waals surface area contributed by atoms with Crippen molar-refractivity contribution in [3.8, 4) is 35.1 Å². The summed E-state index contributed by atoms with van der Waals surface area (Å²) in [4.78, 5) is 61.3. The average Bonchev–Trinajstić information content (AvgIpc) is 4.21. The highest BCUT2D eigenvalue weighted by Crippen LogP contribution is 2.48. The summed E-state index contributed by atoms with van der Waals surface area (Å²) >= 11 is 0. The zero-order chi connectivity index (χ0) is 55.2. The first kappa shape index (κ1) is 53.6. The second-order valence-corrected chi connectivity index (χ2v) is 20.3. The summed E-state index contributed by atoms with van der Waals surface area (Å²) in [7, 11) is 5.27. The van der Waals surface area contributed by atoms with E-state index in [-0.39, 0.29) is 24.3 Å². The monoisotopic (exact) mass is 1070 g/mol. The SMILES string of the molecule is C=CC(=O)N1CCN(c2nc(OCC3CCCN3C)nc3c2CCN(c2cccc4cccc(C)c24)C3)CC1CC#N.COc1cc2nccc(Oc3ccc(NC(=O)C4(C(=O)Nc5ccc(F)cc5)CC4)cc3)c2cc1OC. The molecule has 18 heteroatoms. The zero-order valence-corrected chi connectivity index (χ0v) is 44.8. The van der Waals surface area contributed by atoms with Crippen molar-refractivity contribution in [2.24, 2.45) is 5.41 Å². The lowest BCUT2D eigenvalue weighted by Gasteiger charge is -2.42. The number of hydrogen-bond acceptors (Lipinski definition) is 14. The molecule has 1 saturated carbocycles. The third-order valence-electron chi connectivity index (χ3n) is 15.4. The van der Waals surface area contributed by atoms with Gasteiger partial charge >= 0.3 is 6.01 Å². The van der Waals surface area contributed by atoms with Crippen LogP contribution >= 0.6 is 0 Å². The molecule has 2 N–H and O–H groups in total. The van der Waals surface area contributed by atoms with E-state index in [2.05, 4.69) is 93.3 Å². The molecular weight excluding hydrogens is 1000 g/mol. The lowest BCUT2D eigenvalue weighted by molar-refractivity contribution is -0.131. The first-order valence-electron chi connectivity index (χ1n) is 26.6. The number of amides is 3. The first-order valence-corrected chi connectivity index (χ1v) is 26.6. The van der Waals surface area contributed by atoms with Crippen LogP contribution in [0.2, 0.25) is 0 Å². The van der Waals surface area contributed by atoms with Gasteiger partial charge in [-0.3, -0.25) is 19.4 Å². The lowest BCUT2D eigenvalue weighted by atomic mass is 9.99. The fraction of sp³-hybridized carbons (Fsp3) is 0.328. The van der Waals surface area contributed by atoms with E-state index in [1.165, 1.54) is 58.8 Å². The van der Waals surface area contributed by atoms with Crippen LogP contribution in [0.5, 0.6) is 29.0 Å². The van der Waals surface area contributed by atoms with Gasteiger partial charge in [-0.15, -0.1) is 0 Å². The predicted molar refractivity (Wildman–Crippen MR) is 301 cm³/mol. The van der Waals surface area contributed by atoms with Gasteiger partial charge in [0, 0.05) is 77.9 Å². The molecule has 406 valence electrons. The number of carbonyl (C=O) groups excluding carboxylic acids is 3. The number of nitrogens with zero attached hydrogens (tertiary/aromatic N) is 8. The molecule has 7 aromatic rings. The minimum atomic E-state index is -1.14. The van der Waals surface area contributed by atoms with Crippen LogP contribution < -0.4 is 39.4 Å². The molecule has 0 spiro atoms. The fourth-order valence-corrected chi connectivity index (χ4v) is 10.8. The number of hydrogen-bond donors (Lipinski definition) is 2. The van der Waals surface area contributed by atoms with Gasteiger partial charge in [0.25, 0.3) is 0 Å². The highest BCUT2D eigenvalue weighted by atomic mass is 19.1. The lowest BCUT2D eigenvalue weighted by Crippen LogP contribution is -2.55. The summed E-state index contributed by atoms with van der Waals surface area (Å²) in [5.41, 5.74) is 5.11. The number of methoxy groups -OCH3 is 2. The molecule has 5 heterocycles. The molecule has 11 rings (SSSR count). The fourth-order valence-electron chi connectivity index (χ4n) is 10.8. The van der Waals surface area contributed by atoms with E-state index in [1.54, 1.807) is 67.8 Å². The maximum atomic E-state index is 13.1. The Bertz CT molecular complexity index is 3450. The molecular formula is C61H63FN10O7. The van der Waals surface area contributed by atoms with Gasteiger partial charge in [-0.25, -0.2) is 4.39 Å². The van der Waals surface area contributed by atoms with Gasteiger partial charge < -0.3 is 49.2 Å². The highest BCUT2D eigenvalue weighted by Gasteiger charge is 2.56. The summed E-state index contributed by atoms with van der Waals surface area (Å²) in [5.74, 6) is 1.80. The summed E-state index contributed by atoms with van der Waals surface area (Å²) in [6.07, 6.45) is 7.20. The van der Waals surface area contributed by atoms with Crippen molar-refractivity contribution in [1.29, 1.82) is 5.26 Å². The minimum Gasteiger partial charge on any atom is -0.493 e. The number of nitrogens with one attached hydrogen (secondary N) is 2. The molecule has 79 heavy (non-hydrogen) atoms. The quantitative estimate of drug-likeness (QED) is 0.0730. The van der Waals surface area contributed by atoms with Crippen molar-refractivity contribution in [2.75, 3.05) is 81.0 Å². The van der Waals surface area contributed by atoms with E-state index in [4.69, 9.17) is 28.9 Å². The van der Waals surface area contributed by atoms with Crippen molar-refractivity contribution in [2.45, 2.75) is 64.1 Å². The molecule has 2 atom stereocenters. The Balaban J connectivity index is 0.000000180. The van der Waals surface area contributed by atoms with Gasteiger partial charge in [0.1, 0.15) is 35.2 Å². The van der Waals surface area contributed by atoms with Gasteiger partial charge in [0.05, 0.1) is 50.5 Å². The molecule has 0 bridgehead atoms. The number of halogens is 1. The molecule has 4 aliphatic rings. The Hall–Kier alpha value is -8.82. The third kappa shape index (κ3) is 11.6. The maximum Gasteiger partial charge on any atom is 0.318 e. The average molecular weight is 1070 g/mol. The van der Waals surface area contributed by atoms with Crippen molar-refractivity contribution >= 4 is 62.3 Å². The summed E-state index contributed by atoms with van der Waals surface area (Å²) in [5, 5.41) is 18.3. The molecule has 2 saturated heterocycles. The number of likely N-dealkylation sites (N-methyl/N-ethyl adjacent to an activating group) is 1. The van der Waals surface area contributed by atoms with Gasteiger partial charge in [-0.1, -0.05) is 36.9 Å². The Morgan fingerprint density at radius 1 is 0.848 bits per heavy atom. The van der Waals surface area contributed by atoms with Crippen LogP contribution in [-0.4, -0.2) is 115 Å². The summed E-state index contributed by atoms with van der Waals surface area (Å²) < 4.78 is 36.2. The molecule has 1 aliphatic carbocycles. The Morgan fingerprint density at radius 2 is 1.56 bits per heavy atom. The van der Waals surface area contributed by atoms with Gasteiger partial charge in [0.2, 0.25) is 17.7 Å². The smallest absolute Gasteiger partial charge is 0.318 e. The van der Waals surface area contributed by atoms with Crippen LogP contribution in [0.25, 0.3) is 21.7 Å². The second-order valence-electron chi connectivity index (χ2n) is 20.3. The van der Waals surface area contributed by atoms with Crippen LogP contribution in [0, 0.1) is 29.5 Å². The standard InChI is InChI=1S/C33H39N7O2.C28H24FN3O5/c1-4-30(41)40-19-18-39(20-25(40)13-15-34)32-27-14-17-38(29-12-6-10-24-9-5-8-23(2)31(24)29)21-28(27)35-33(36-32)42-22-26-11-7-16-37(26)3;1-35-24-15-21-22(16-25(24)36-2)30-14-11-23(21)37-20-9-7-19(8-10-20)32-27(34)28(12-13-28)26(33)31-18-5-3-17(29)4-6-18/h4-6,8-10,12,25-26H,1,7,11,13-14,16-22H2,2-3H3;3-11,14-16H,12-13H2,1-2H3,(H,31,33)(H,32,34). The Kier molecular flexibility index (Phi) is 15.9. The number of rotatable bonds is 15. The number of aromatic nitrogens is 3. The Morgan fingerprint density at radius 3 is 2.23 bits per heavy atom. The van der Waals surface area contributed by atoms with Crippen molar-refractivity contribution < 1.29 is 37.7 Å². The molecule has 2 unspecified atom stereocenters. The van der Waals surface area contributed by atoms with E-state index >= 15 is 0 Å². The number of ether oxygens (including phenoxy) is 4. The number of anilines is 4. The zero-order valence-electron chi connectivity index (χ0n) is 44.8. The van der Waals surface area contributed by atoms with Crippen LogP contribution in [-0.2, 0) is 27.3 Å². The van der Waals surface area contributed by atoms with Crippen LogP contribution in [0.3, 0.4) is 0 Å². The number of pyridine rings is 1. The Labute approximate surface area is 458 Å². The van der Waals surface area contributed by atoms with Gasteiger partial charge in [0.15, 0.2) is 11.5 Å². The van der Waals surface area contributed by atoms with Crippen LogP contribution in [0.1, 0.15) is 48.9 Å². The van der Waals surface area contributed by atoms with Crippen LogP contribution in [0.4, 0.5) is 27.3 Å². The molecule has 3 fully saturated rings. The number of carbonyl (C=O) groups is 3. The van der Waals surface area contributed by atoms with Gasteiger partial charge in [-0.05, 0) is 136 Å².